The predicted molar refractivity (Wildman–Crippen MR) is 118 cm³/mol. The number of ether oxygens (including phenoxy) is 2. The molecule has 0 saturated carbocycles. The van der Waals surface area contributed by atoms with Crippen molar-refractivity contribution in [2.75, 3.05) is 13.7 Å². The van der Waals surface area contributed by atoms with Crippen LogP contribution >= 0.6 is 11.6 Å². The van der Waals surface area contributed by atoms with Crippen molar-refractivity contribution < 1.29 is 28.3 Å². The number of carbonyl (C=O) groups is 3. The molecule has 1 aliphatic rings. The average Bonchev–Trinajstić information content (AvgIpc) is 3.23. The fourth-order valence-electron chi connectivity index (χ4n) is 3.64. The lowest BCUT2D eigenvalue weighted by molar-refractivity contribution is -0.141. The second-order valence-corrected chi connectivity index (χ2v) is 8.41. The van der Waals surface area contributed by atoms with Gasteiger partial charge in [0.25, 0.3) is 0 Å². The summed E-state index contributed by atoms with van der Waals surface area (Å²) in [5, 5.41) is 0.481. The van der Waals surface area contributed by atoms with Gasteiger partial charge in [0.2, 0.25) is 11.7 Å². The van der Waals surface area contributed by atoms with Gasteiger partial charge in [-0.05, 0) is 36.6 Å². The lowest BCUT2D eigenvalue weighted by atomic mass is 9.83. The van der Waals surface area contributed by atoms with E-state index in [1.54, 1.807) is 25.1 Å². The molecule has 0 unspecified atom stereocenters. The van der Waals surface area contributed by atoms with Gasteiger partial charge in [0.05, 0.1) is 25.8 Å². The fraction of sp³-hybridized carbons (Fsp3) is 0.375. The van der Waals surface area contributed by atoms with Crippen LogP contribution in [0.15, 0.2) is 52.1 Å². The summed E-state index contributed by atoms with van der Waals surface area (Å²) in [5.74, 6) is -1.19. The van der Waals surface area contributed by atoms with E-state index in [1.165, 1.54) is 18.1 Å². The average molecular weight is 460 g/mol. The van der Waals surface area contributed by atoms with E-state index in [0.29, 0.717) is 27.6 Å². The van der Waals surface area contributed by atoms with Crippen LogP contribution in [0.5, 0.6) is 0 Å². The third-order valence-corrected chi connectivity index (χ3v) is 5.58. The molecular formula is C24H26ClNO6. The second kappa shape index (κ2) is 10.0. The Bertz CT molecular complexity index is 1050. The highest BCUT2D eigenvalue weighted by atomic mass is 35.5. The van der Waals surface area contributed by atoms with Gasteiger partial charge in [0.1, 0.15) is 5.76 Å². The molecule has 0 spiro atoms. The van der Waals surface area contributed by atoms with Gasteiger partial charge in [-0.3, -0.25) is 4.79 Å². The van der Waals surface area contributed by atoms with Crippen LogP contribution in [-0.2, 0) is 25.6 Å². The maximum Gasteiger partial charge on any atom is 0.373 e. The summed E-state index contributed by atoms with van der Waals surface area (Å²) in [6.45, 7) is 5.94. The quantitative estimate of drug-likeness (QED) is 0.557. The molecule has 1 atom stereocenters. The van der Waals surface area contributed by atoms with Gasteiger partial charge in [-0.25, -0.2) is 9.59 Å². The Kier molecular flexibility index (Phi) is 7.40. The number of esters is 2. The van der Waals surface area contributed by atoms with Crippen LogP contribution in [0.25, 0.3) is 0 Å². The highest BCUT2D eigenvalue weighted by molar-refractivity contribution is 6.31. The highest BCUT2D eigenvalue weighted by Crippen LogP contribution is 2.40. The molecule has 1 amide bonds. The number of hydrogen-bond acceptors (Lipinski definition) is 6. The Labute approximate surface area is 191 Å². The summed E-state index contributed by atoms with van der Waals surface area (Å²) in [6, 6.07) is 10.3. The number of carbonyl (C=O) groups excluding carboxylic acids is 3. The summed E-state index contributed by atoms with van der Waals surface area (Å²) < 4.78 is 15.7. The summed E-state index contributed by atoms with van der Waals surface area (Å²) in [4.78, 5) is 39.3. The Balaban J connectivity index is 1.99. The van der Waals surface area contributed by atoms with E-state index in [9.17, 15) is 14.4 Å². The summed E-state index contributed by atoms with van der Waals surface area (Å²) >= 11 is 6.40. The van der Waals surface area contributed by atoms with E-state index >= 15 is 0 Å². The maximum atomic E-state index is 13.1. The Morgan fingerprint density at radius 3 is 2.56 bits per heavy atom. The van der Waals surface area contributed by atoms with E-state index < -0.39 is 17.9 Å². The molecule has 170 valence electrons. The maximum absolute atomic E-state index is 13.1. The summed E-state index contributed by atoms with van der Waals surface area (Å²) in [7, 11) is 1.26. The molecule has 3 rings (SSSR count). The molecular weight excluding hydrogens is 434 g/mol. The number of methoxy groups -OCH3 is 1. The Morgan fingerprint density at radius 2 is 1.91 bits per heavy atom. The molecule has 8 heteroatoms. The molecule has 0 N–H and O–H groups in total. The van der Waals surface area contributed by atoms with Crippen LogP contribution < -0.4 is 0 Å². The first-order valence-corrected chi connectivity index (χ1v) is 10.7. The highest BCUT2D eigenvalue weighted by Gasteiger charge is 2.38. The second-order valence-electron chi connectivity index (χ2n) is 8.01. The summed E-state index contributed by atoms with van der Waals surface area (Å²) in [6.07, 6.45) is 0.0533. The minimum atomic E-state index is -0.606. The lowest BCUT2D eigenvalue weighted by Crippen LogP contribution is -2.38. The topological polar surface area (TPSA) is 86.0 Å². The minimum absolute atomic E-state index is 0.0408. The van der Waals surface area contributed by atoms with Crippen LogP contribution in [0.2, 0.25) is 5.02 Å². The molecule has 1 aromatic carbocycles. The molecule has 7 nitrogen and oxygen atoms in total. The normalized spacial score (nSPS) is 16.5. The smallest absolute Gasteiger partial charge is 0.373 e. The first-order valence-electron chi connectivity index (χ1n) is 10.3. The van der Waals surface area contributed by atoms with Gasteiger partial charge in [-0.2, -0.15) is 0 Å². The SMILES string of the molecule is COC(=O)c1ccc(CN2C(=O)C[C@@H](c3ccccc3Cl)C(C(=O)OCC(C)C)=C2C)o1. The first-order chi connectivity index (χ1) is 15.2. The minimum Gasteiger partial charge on any atom is -0.463 e. The van der Waals surface area contributed by atoms with Gasteiger partial charge in [0.15, 0.2) is 0 Å². The number of nitrogens with zero attached hydrogens (tertiary/aromatic N) is 1. The van der Waals surface area contributed by atoms with Crippen molar-refractivity contribution in [2.45, 2.75) is 39.7 Å². The number of hydrogen-bond donors (Lipinski definition) is 0. The van der Waals surface area contributed by atoms with E-state index in [2.05, 4.69) is 4.74 Å². The molecule has 2 heterocycles. The third kappa shape index (κ3) is 5.05. The van der Waals surface area contributed by atoms with Crippen molar-refractivity contribution in [2.24, 2.45) is 5.92 Å². The number of furan rings is 1. The van der Waals surface area contributed by atoms with Crippen molar-refractivity contribution in [3.63, 3.8) is 0 Å². The van der Waals surface area contributed by atoms with Gasteiger partial charge in [-0.1, -0.05) is 43.6 Å². The van der Waals surface area contributed by atoms with Crippen molar-refractivity contribution >= 4 is 29.4 Å². The third-order valence-electron chi connectivity index (χ3n) is 5.23. The van der Waals surface area contributed by atoms with Crippen molar-refractivity contribution in [1.29, 1.82) is 0 Å². The molecule has 1 aromatic heterocycles. The van der Waals surface area contributed by atoms with E-state index in [4.69, 9.17) is 20.8 Å². The number of allylic oxidation sites excluding steroid dienone is 1. The van der Waals surface area contributed by atoms with Crippen LogP contribution in [0.1, 0.15) is 55.0 Å². The van der Waals surface area contributed by atoms with Gasteiger partial charge in [-0.15, -0.1) is 0 Å². The molecule has 1 aliphatic heterocycles. The van der Waals surface area contributed by atoms with Crippen molar-refractivity contribution in [3.05, 3.63) is 69.8 Å². The van der Waals surface area contributed by atoms with E-state index in [1.807, 2.05) is 26.0 Å². The zero-order valence-corrected chi connectivity index (χ0v) is 19.3. The van der Waals surface area contributed by atoms with Gasteiger partial charge >= 0.3 is 11.9 Å². The number of halogens is 1. The molecule has 0 fully saturated rings. The van der Waals surface area contributed by atoms with E-state index in [0.717, 1.165) is 0 Å². The van der Waals surface area contributed by atoms with Gasteiger partial charge in [0, 0.05) is 23.1 Å². The van der Waals surface area contributed by atoms with Crippen LogP contribution in [-0.4, -0.2) is 36.5 Å². The monoisotopic (exact) mass is 459 g/mol. The van der Waals surface area contributed by atoms with Crippen LogP contribution in [0.3, 0.4) is 0 Å². The number of amides is 1. The zero-order valence-electron chi connectivity index (χ0n) is 18.5. The summed E-state index contributed by atoms with van der Waals surface area (Å²) in [5.41, 5.74) is 1.55. The van der Waals surface area contributed by atoms with E-state index in [-0.39, 0.29) is 37.2 Å². The number of benzene rings is 1. The van der Waals surface area contributed by atoms with Crippen molar-refractivity contribution in [3.8, 4) is 0 Å². The largest absolute Gasteiger partial charge is 0.463 e. The molecule has 0 bridgehead atoms. The Morgan fingerprint density at radius 1 is 1.19 bits per heavy atom. The molecule has 32 heavy (non-hydrogen) atoms. The zero-order chi connectivity index (χ0) is 23.4. The van der Waals surface area contributed by atoms with Crippen molar-refractivity contribution in [1.82, 2.24) is 4.90 Å². The molecule has 0 saturated heterocycles. The molecule has 2 aromatic rings. The van der Waals surface area contributed by atoms with Gasteiger partial charge < -0.3 is 18.8 Å². The lowest BCUT2D eigenvalue weighted by Gasteiger charge is -2.34. The molecule has 0 aliphatic carbocycles. The predicted octanol–water partition coefficient (Wildman–Crippen LogP) is 4.71. The van der Waals surface area contributed by atoms with Crippen LogP contribution in [0.4, 0.5) is 0 Å². The Hall–Kier alpha value is -3.06. The first kappa shape index (κ1) is 23.6. The van der Waals surface area contributed by atoms with Crippen LogP contribution in [0, 0.1) is 5.92 Å². The number of rotatable bonds is 7. The standard InChI is InChI=1S/C24H26ClNO6/c1-14(2)13-31-24(29)22-15(3)26(12-16-9-10-20(32-16)23(28)30-4)21(27)11-18(22)17-7-5-6-8-19(17)25/h5-10,14,18H,11-13H2,1-4H3/t18-/m0/s1. The fourth-order valence-corrected chi connectivity index (χ4v) is 3.91. The molecule has 0 radical (unpaired) electrons.